The number of piperidine rings is 1. The van der Waals surface area contributed by atoms with Crippen LogP contribution in [0.15, 0.2) is 54.6 Å². The summed E-state index contributed by atoms with van der Waals surface area (Å²) >= 11 is 0. The van der Waals surface area contributed by atoms with Gasteiger partial charge in [-0.2, -0.15) is 0 Å². The highest BCUT2D eigenvalue weighted by Crippen LogP contribution is 2.23. The Labute approximate surface area is 147 Å². The zero-order chi connectivity index (χ0) is 17.6. The number of anilines is 1. The van der Waals surface area contributed by atoms with Crippen LogP contribution in [-0.2, 0) is 4.79 Å². The van der Waals surface area contributed by atoms with Crippen molar-refractivity contribution >= 4 is 11.6 Å². The van der Waals surface area contributed by atoms with E-state index in [1.54, 1.807) is 12.1 Å². The van der Waals surface area contributed by atoms with Crippen LogP contribution in [0.1, 0.15) is 12.8 Å². The largest absolute Gasteiger partial charge is 0.492 e. The molecule has 25 heavy (non-hydrogen) atoms. The van der Waals surface area contributed by atoms with Crippen LogP contribution >= 0.6 is 0 Å². The molecule has 1 aliphatic rings. The molecule has 132 valence electrons. The number of benzene rings is 2. The Morgan fingerprint density at radius 1 is 1.16 bits per heavy atom. The lowest BCUT2D eigenvalue weighted by molar-refractivity contribution is -0.124. The van der Waals surface area contributed by atoms with E-state index in [0.29, 0.717) is 18.9 Å². The van der Waals surface area contributed by atoms with Gasteiger partial charge in [-0.05, 0) is 56.3 Å². The predicted octanol–water partition coefficient (Wildman–Crippen LogP) is 3.33. The second kappa shape index (κ2) is 8.12. The summed E-state index contributed by atoms with van der Waals surface area (Å²) in [5, 5.41) is 0. The Kier molecular flexibility index (Phi) is 5.66. The normalized spacial score (nSPS) is 17.8. The highest BCUT2D eigenvalue weighted by molar-refractivity contribution is 5.97. The minimum atomic E-state index is -0.279. The van der Waals surface area contributed by atoms with Crippen LogP contribution in [0, 0.1) is 5.82 Å². The van der Waals surface area contributed by atoms with Gasteiger partial charge in [-0.1, -0.05) is 18.2 Å². The standard InChI is InChI=1S/C20H23FN2O2/c1-22(14-15-25-18-11-9-16(21)10-12-18)19-8-5-13-23(20(19)24)17-6-3-2-4-7-17/h2-4,6-7,9-12,19H,5,8,13-15H2,1H3. The zero-order valence-corrected chi connectivity index (χ0v) is 14.4. The number of halogens is 1. The Morgan fingerprint density at radius 2 is 1.88 bits per heavy atom. The molecular formula is C20H23FN2O2. The van der Waals surface area contributed by atoms with Crippen molar-refractivity contribution in [3.8, 4) is 5.75 Å². The van der Waals surface area contributed by atoms with Gasteiger partial charge < -0.3 is 9.64 Å². The molecular weight excluding hydrogens is 319 g/mol. The van der Waals surface area contributed by atoms with Crippen LogP contribution in [0.25, 0.3) is 0 Å². The van der Waals surface area contributed by atoms with Crippen molar-refractivity contribution in [2.75, 3.05) is 31.6 Å². The zero-order valence-electron chi connectivity index (χ0n) is 14.4. The van der Waals surface area contributed by atoms with Crippen LogP contribution in [-0.4, -0.2) is 43.6 Å². The number of rotatable bonds is 6. The molecule has 0 spiro atoms. The third-order valence-electron chi connectivity index (χ3n) is 4.54. The first-order valence-electron chi connectivity index (χ1n) is 8.60. The van der Waals surface area contributed by atoms with Gasteiger partial charge >= 0.3 is 0 Å². The second-order valence-electron chi connectivity index (χ2n) is 6.27. The summed E-state index contributed by atoms with van der Waals surface area (Å²) in [6.07, 6.45) is 1.84. The number of hydrogen-bond donors (Lipinski definition) is 0. The molecule has 0 bridgehead atoms. The van der Waals surface area contributed by atoms with E-state index in [-0.39, 0.29) is 17.8 Å². The van der Waals surface area contributed by atoms with Gasteiger partial charge in [0.25, 0.3) is 0 Å². The van der Waals surface area contributed by atoms with E-state index in [1.165, 1.54) is 12.1 Å². The van der Waals surface area contributed by atoms with Crippen LogP contribution in [0.5, 0.6) is 5.75 Å². The SMILES string of the molecule is CN(CCOc1ccc(F)cc1)C1CCCN(c2ccccc2)C1=O. The highest BCUT2D eigenvalue weighted by Gasteiger charge is 2.32. The van der Waals surface area contributed by atoms with Gasteiger partial charge in [-0.25, -0.2) is 4.39 Å². The molecule has 1 amide bonds. The summed E-state index contributed by atoms with van der Waals surface area (Å²) < 4.78 is 18.5. The molecule has 1 unspecified atom stereocenters. The average Bonchev–Trinajstić information content (AvgIpc) is 2.64. The third-order valence-corrected chi connectivity index (χ3v) is 4.54. The van der Waals surface area contributed by atoms with Crippen molar-refractivity contribution < 1.29 is 13.9 Å². The molecule has 1 atom stereocenters. The van der Waals surface area contributed by atoms with Gasteiger partial charge in [0.15, 0.2) is 0 Å². The van der Waals surface area contributed by atoms with E-state index < -0.39 is 0 Å². The Balaban J connectivity index is 1.55. The molecule has 3 rings (SSSR count). The Bertz CT molecular complexity index is 691. The van der Waals surface area contributed by atoms with Crippen LogP contribution in [0.4, 0.5) is 10.1 Å². The van der Waals surface area contributed by atoms with Crippen LogP contribution in [0.2, 0.25) is 0 Å². The van der Waals surface area contributed by atoms with Crippen molar-refractivity contribution in [2.24, 2.45) is 0 Å². The number of ether oxygens (including phenoxy) is 1. The quantitative estimate of drug-likeness (QED) is 0.807. The number of amides is 1. The van der Waals surface area contributed by atoms with Gasteiger partial charge in [-0.3, -0.25) is 9.69 Å². The molecule has 2 aromatic carbocycles. The van der Waals surface area contributed by atoms with Crippen molar-refractivity contribution in [2.45, 2.75) is 18.9 Å². The number of hydrogen-bond acceptors (Lipinski definition) is 3. The second-order valence-corrected chi connectivity index (χ2v) is 6.27. The van der Waals surface area contributed by atoms with Gasteiger partial charge in [0.05, 0.1) is 6.04 Å². The fraction of sp³-hybridized carbons (Fsp3) is 0.350. The Morgan fingerprint density at radius 3 is 2.60 bits per heavy atom. The first kappa shape index (κ1) is 17.4. The number of carbonyl (C=O) groups is 1. The number of likely N-dealkylation sites (N-methyl/N-ethyl adjacent to an activating group) is 1. The number of para-hydroxylation sites is 1. The van der Waals surface area contributed by atoms with Crippen molar-refractivity contribution in [3.05, 3.63) is 60.4 Å². The third kappa shape index (κ3) is 4.37. The fourth-order valence-corrected chi connectivity index (χ4v) is 3.12. The highest BCUT2D eigenvalue weighted by atomic mass is 19.1. The van der Waals surface area contributed by atoms with E-state index in [1.807, 2.05) is 47.2 Å². The summed E-state index contributed by atoms with van der Waals surface area (Å²) in [5.41, 5.74) is 0.952. The monoisotopic (exact) mass is 342 g/mol. The predicted molar refractivity (Wildman–Crippen MR) is 96.3 cm³/mol. The summed E-state index contributed by atoms with van der Waals surface area (Å²) in [6, 6.07) is 15.6. The van der Waals surface area contributed by atoms with Gasteiger partial charge in [-0.15, -0.1) is 0 Å². The van der Waals surface area contributed by atoms with Crippen LogP contribution in [0.3, 0.4) is 0 Å². The minimum absolute atomic E-state index is 0.134. The molecule has 5 heteroatoms. The molecule has 2 aromatic rings. The maximum absolute atomic E-state index is 12.9. The Hall–Kier alpha value is -2.40. The molecule has 4 nitrogen and oxygen atoms in total. The minimum Gasteiger partial charge on any atom is -0.492 e. The summed E-state index contributed by atoms with van der Waals surface area (Å²) in [7, 11) is 1.95. The molecule has 0 aliphatic carbocycles. The van der Waals surface area contributed by atoms with E-state index in [0.717, 1.165) is 25.1 Å². The molecule has 1 heterocycles. The van der Waals surface area contributed by atoms with Gasteiger partial charge in [0.1, 0.15) is 18.2 Å². The molecule has 0 aromatic heterocycles. The molecule has 0 saturated carbocycles. The summed E-state index contributed by atoms with van der Waals surface area (Å²) in [6.45, 7) is 1.85. The maximum atomic E-state index is 12.9. The van der Waals surface area contributed by atoms with E-state index in [9.17, 15) is 9.18 Å². The fourth-order valence-electron chi connectivity index (χ4n) is 3.12. The molecule has 1 saturated heterocycles. The van der Waals surface area contributed by atoms with E-state index in [4.69, 9.17) is 4.74 Å². The molecule has 1 fully saturated rings. The van der Waals surface area contributed by atoms with Gasteiger partial charge in [0.2, 0.25) is 5.91 Å². The van der Waals surface area contributed by atoms with Gasteiger partial charge in [0, 0.05) is 18.8 Å². The lowest BCUT2D eigenvalue weighted by Crippen LogP contribution is -2.52. The lowest BCUT2D eigenvalue weighted by atomic mass is 10.0. The van der Waals surface area contributed by atoms with Crippen molar-refractivity contribution in [1.29, 1.82) is 0 Å². The van der Waals surface area contributed by atoms with Crippen LogP contribution < -0.4 is 9.64 Å². The first-order valence-corrected chi connectivity index (χ1v) is 8.60. The maximum Gasteiger partial charge on any atom is 0.244 e. The number of carbonyl (C=O) groups excluding carboxylic acids is 1. The topological polar surface area (TPSA) is 32.8 Å². The molecule has 1 aliphatic heterocycles. The van der Waals surface area contributed by atoms with E-state index in [2.05, 4.69) is 0 Å². The summed E-state index contributed by atoms with van der Waals surface area (Å²) in [5.74, 6) is 0.496. The molecule has 0 N–H and O–H groups in total. The van der Waals surface area contributed by atoms with Crippen molar-refractivity contribution in [1.82, 2.24) is 4.90 Å². The van der Waals surface area contributed by atoms with E-state index >= 15 is 0 Å². The molecule has 0 radical (unpaired) electrons. The smallest absolute Gasteiger partial charge is 0.244 e. The number of nitrogens with zero attached hydrogens (tertiary/aromatic N) is 2. The average molecular weight is 342 g/mol. The lowest BCUT2D eigenvalue weighted by Gasteiger charge is -2.36. The first-order chi connectivity index (χ1) is 12.1. The summed E-state index contributed by atoms with van der Waals surface area (Å²) in [4.78, 5) is 16.7. The van der Waals surface area contributed by atoms with Crippen molar-refractivity contribution in [3.63, 3.8) is 0 Å².